The van der Waals surface area contributed by atoms with E-state index in [1.807, 2.05) is 0 Å². The van der Waals surface area contributed by atoms with Gasteiger partial charge < -0.3 is 18.9 Å². The van der Waals surface area contributed by atoms with Gasteiger partial charge >= 0.3 is 23.9 Å². The van der Waals surface area contributed by atoms with E-state index >= 15 is 0 Å². The first-order valence-corrected chi connectivity index (χ1v) is 5.35. The Bertz CT molecular complexity index is 381. The second-order valence-corrected chi connectivity index (χ2v) is 3.05. The summed E-state index contributed by atoms with van der Waals surface area (Å²) in [7, 11) is 2.33. The normalized spacial score (nSPS) is 10.3. The Morgan fingerprint density at radius 2 is 0.950 bits per heavy atom. The minimum Gasteiger partial charge on any atom is -0.466 e. The molecule has 0 aromatic carbocycles. The molecule has 8 heteroatoms. The molecule has 0 aliphatic carbocycles. The second kappa shape index (κ2) is 10.3. The van der Waals surface area contributed by atoms with Crippen molar-refractivity contribution in [1.29, 1.82) is 0 Å². The lowest BCUT2D eigenvalue weighted by molar-refractivity contribution is -0.146. The summed E-state index contributed by atoms with van der Waals surface area (Å²) in [5.41, 5.74) is 0. The summed E-state index contributed by atoms with van der Waals surface area (Å²) >= 11 is 0. The number of hydrogen-bond acceptors (Lipinski definition) is 8. The highest BCUT2D eigenvalue weighted by Crippen LogP contribution is 1.87. The molecule has 0 bridgehead atoms. The van der Waals surface area contributed by atoms with Gasteiger partial charge in [0.05, 0.1) is 14.2 Å². The van der Waals surface area contributed by atoms with Gasteiger partial charge in [-0.25, -0.2) is 19.2 Å². The summed E-state index contributed by atoms with van der Waals surface area (Å²) < 4.78 is 17.7. The number of carbonyl (C=O) groups excluding carboxylic acids is 4. The summed E-state index contributed by atoms with van der Waals surface area (Å²) in [5, 5.41) is 0. The molecule has 0 saturated carbocycles. The van der Waals surface area contributed by atoms with Crippen molar-refractivity contribution < 1.29 is 38.1 Å². The van der Waals surface area contributed by atoms with E-state index in [9.17, 15) is 19.2 Å². The van der Waals surface area contributed by atoms with E-state index in [-0.39, 0.29) is 13.2 Å². The number of rotatable bonds is 7. The summed E-state index contributed by atoms with van der Waals surface area (Å²) in [6, 6.07) is 0. The Morgan fingerprint density at radius 3 is 1.25 bits per heavy atom. The highest BCUT2D eigenvalue weighted by atomic mass is 16.6. The van der Waals surface area contributed by atoms with Crippen molar-refractivity contribution in [2.45, 2.75) is 0 Å². The number of esters is 4. The molecule has 0 aromatic heterocycles. The lowest BCUT2D eigenvalue weighted by Gasteiger charge is -2.02. The van der Waals surface area contributed by atoms with Crippen LogP contribution in [-0.2, 0) is 38.1 Å². The fourth-order valence-corrected chi connectivity index (χ4v) is 0.789. The van der Waals surface area contributed by atoms with Crippen LogP contribution in [0.25, 0.3) is 0 Å². The average Bonchev–Trinajstić information content (AvgIpc) is 2.46. The molecule has 110 valence electrons. The summed E-state index contributed by atoms with van der Waals surface area (Å²) in [5.74, 6) is -2.95. The quantitative estimate of drug-likeness (QED) is 0.268. The van der Waals surface area contributed by atoms with Crippen molar-refractivity contribution in [2.24, 2.45) is 0 Å². The Balaban J connectivity index is 3.81. The van der Waals surface area contributed by atoms with Crippen LogP contribution < -0.4 is 0 Å². The predicted octanol–water partition coefficient (Wildman–Crippen LogP) is -0.469. The lowest BCUT2D eigenvalue weighted by Crippen LogP contribution is -2.12. The lowest BCUT2D eigenvalue weighted by atomic mass is 10.5. The number of methoxy groups -OCH3 is 2. The Hall–Kier alpha value is -2.64. The first kappa shape index (κ1) is 17.4. The van der Waals surface area contributed by atoms with E-state index in [1.54, 1.807) is 0 Å². The zero-order valence-corrected chi connectivity index (χ0v) is 11.0. The van der Waals surface area contributed by atoms with Crippen molar-refractivity contribution in [3.8, 4) is 0 Å². The van der Waals surface area contributed by atoms with Crippen LogP contribution >= 0.6 is 0 Å². The molecule has 0 fully saturated rings. The SMILES string of the molecule is COC(=O)/C=C/C(=O)OCCOC(=O)/C=C/C(=O)OC. The second-order valence-electron chi connectivity index (χ2n) is 3.05. The fourth-order valence-electron chi connectivity index (χ4n) is 0.789. The summed E-state index contributed by atoms with van der Waals surface area (Å²) in [6.07, 6.45) is 3.55. The summed E-state index contributed by atoms with van der Waals surface area (Å²) in [4.78, 5) is 43.4. The highest BCUT2D eigenvalue weighted by Gasteiger charge is 2.02. The highest BCUT2D eigenvalue weighted by molar-refractivity contribution is 5.92. The maximum absolute atomic E-state index is 11.0. The molecule has 0 saturated heterocycles. The fraction of sp³-hybridized carbons (Fsp3) is 0.333. The Morgan fingerprint density at radius 1 is 0.650 bits per heavy atom. The van der Waals surface area contributed by atoms with Gasteiger partial charge in [0.1, 0.15) is 13.2 Å². The van der Waals surface area contributed by atoms with Crippen molar-refractivity contribution in [3.63, 3.8) is 0 Å². The third-order valence-corrected chi connectivity index (χ3v) is 1.69. The average molecular weight is 286 g/mol. The van der Waals surface area contributed by atoms with Crippen LogP contribution in [0.5, 0.6) is 0 Å². The molecule has 0 radical (unpaired) electrons. The van der Waals surface area contributed by atoms with E-state index in [2.05, 4.69) is 18.9 Å². The van der Waals surface area contributed by atoms with Gasteiger partial charge in [-0.1, -0.05) is 0 Å². The standard InChI is InChI=1S/C12H14O8/c1-17-9(13)3-5-11(15)19-7-8-20-12(16)6-4-10(14)18-2/h3-6H,7-8H2,1-2H3/b5-3+,6-4+. The van der Waals surface area contributed by atoms with Crippen LogP contribution in [0.1, 0.15) is 0 Å². The first-order valence-electron chi connectivity index (χ1n) is 5.35. The van der Waals surface area contributed by atoms with Gasteiger partial charge in [0.2, 0.25) is 0 Å². The van der Waals surface area contributed by atoms with Crippen LogP contribution in [0.3, 0.4) is 0 Å². The predicted molar refractivity (Wildman–Crippen MR) is 64.2 cm³/mol. The third-order valence-electron chi connectivity index (χ3n) is 1.69. The van der Waals surface area contributed by atoms with Crippen LogP contribution in [0, 0.1) is 0 Å². The molecular weight excluding hydrogens is 272 g/mol. The molecule has 20 heavy (non-hydrogen) atoms. The zero-order chi connectivity index (χ0) is 15.4. The largest absolute Gasteiger partial charge is 0.466 e. The number of hydrogen-bond donors (Lipinski definition) is 0. The minimum absolute atomic E-state index is 0.192. The van der Waals surface area contributed by atoms with Gasteiger partial charge in [0.15, 0.2) is 0 Å². The zero-order valence-electron chi connectivity index (χ0n) is 11.0. The van der Waals surface area contributed by atoms with Crippen molar-refractivity contribution >= 4 is 23.9 Å². The molecule has 0 rings (SSSR count). The number of ether oxygens (including phenoxy) is 4. The van der Waals surface area contributed by atoms with Crippen molar-refractivity contribution in [2.75, 3.05) is 27.4 Å². The van der Waals surface area contributed by atoms with Crippen LogP contribution in [0.2, 0.25) is 0 Å². The van der Waals surface area contributed by atoms with Crippen molar-refractivity contribution in [3.05, 3.63) is 24.3 Å². The molecule has 0 aromatic rings. The van der Waals surface area contributed by atoms with Gasteiger partial charge in [-0.3, -0.25) is 0 Å². The van der Waals surface area contributed by atoms with E-state index in [0.717, 1.165) is 24.3 Å². The van der Waals surface area contributed by atoms with Gasteiger partial charge in [0.25, 0.3) is 0 Å². The molecule has 0 amide bonds. The smallest absolute Gasteiger partial charge is 0.331 e. The van der Waals surface area contributed by atoms with Gasteiger partial charge in [0, 0.05) is 24.3 Å². The van der Waals surface area contributed by atoms with Crippen molar-refractivity contribution in [1.82, 2.24) is 0 Å². The topological polar surface area (TPSA) is 105 Å². The maximum Gasteiger partial charge on any atom is 0.331 e. The third kappa shape index (κ3) is 9.40. The molecule has 0 atom stereocenters. The van der Waals surface area contributed by atoms with Crippen LogP contribution in [-0.4, -0.2) is 51.3 Å². The molecule has 0 N–H and O–H groups in total. The molecule has 0 unspecified atom stereocenters. The van der Waals surface area contributed by atoms with Crippen LogP contribution in [0.15, 0.2) is 24.3 Å². The van der Waals surface area contributed by atoms with E-state index in [1.165, 1.54) is 14.2 Å². The maximum atomic E-state index is 11.0. The van der Waals surface area contributed by atoms with Gasteiger partial charge in [-0.15, -0.1) is 0 Å². The van der Waals surface area contributed by atoms with E-state index < -0.39 is 23.9 Å². The minimum atomic E-state index is -0.781. The van der Waals surface area contributed by atoms with E-state index in [4.69, 9.17) is 0 Å². The molecule has 0 heterocycles. The first-order chi connectivity index (χ1) is 9.49. The molecule has 8 nitrogen and oxygen atoms in total. The molecule has 0 aliphatic rings. The Labute approximate surface area is 114 Å². The molecule has 0 spiro atoms. The summed E-state index contributed by atoms with van der Waals surface area (Å²) in [6.45, 7) is -0.385. The Kier molecular flexibility index (Phi) is 8.94. The van der Waals surface area contributed by atoms with Crippen LogP contribution in [0.4, 0.5) is 0 Å². The van der Waals surface area contributed by atoms with Gasteiger partial charge in [-0.2, -0.15) is 0 Å². The monoisotopic (exact) mass is 286 g/mol. The molecular formula is C12H14O8. The van der Waals surface area contributed by atoms with E-state index in [0.29, 0.717) is 0 Å². The number of carbonyl (C=O) groups is 4. The van der Waals surface area contributed by atoms with Gasteiger partial charge in [-0.05, 0) is 0 Å². The molecule has 0 aliphatic heterocycles.